The molecule has 0 spiro atoms. The summed E-state index contributed by atoms with van der Waals surface area (Å²) < 4.78 is 5.97. The fourth-order valence-corrected chi connectivity index (χ4v) is 2.49. The van der Waals surface area contributed by atoms with Crippen molar-refractivity contribution in [2.45, 2.75) is 6.10 Å². The van der Waals surface area contributed by atoms with Crippen LogP contribution in [0.25, 0.3) is 10.1 Å². The minimum absolute atomic E-state index is 0.427. The van der Waals surface area contributed by atoms with Gasteiger partial charge in [0.05, 0.1) is 7.11 Å². The summed E-state index contributed by atoms with van der Waals surface area (Å²) in [5.41, 5.74) is 0. The number of fused-ring (bicyclic) bond motifs is 1. The van der Waals surface area contributed by atoms with Crippen molar-refractivity contribution in [1.29, 1.82) is 0 Å². The van der Waals surface area contributed by atoms with Crippen LogP contribution in [0.3, 0.4) is 0 Å². The summed E-state index contributed by atoms with van der Waals surface area (Å²) in [7, 11) is 1.57. The second-order valence-electron chi connectivity index (χ2n) is 3.29. The van der Waals surface area contributed by atoms with E-state index in [0.717, 1.165) is 10.1 Å². The van der Waals surface area contributed by atoms with Gasteiger partial charge in [-0.05, 0) is 29.7 Å². The molecule has 0 aliphatic heterocycles. The summed E-state index contributed by atoms with van der Waals surface area (Å²) in [6, 6.07) is 7.13. The average Bonchev–Trinajstić information content (AvgIpc) is 2.69. The van der Waals surface area contributed by atoms with Gasteiger partial charge >= 0.3 is 5.97 Å². The summed E-state index contributed by atoms with van der Waals surface area (Å²) in [4.78, 5) is 11.1. The first kappa shape index (κ1) is 10.9. The maximum Gasteiger partial charge on any atom is 0.338 e. The standard InChI is InChI=1S/C11H10O4S/c1-15-7-3-2-6-4-9(10(12)11(13)14)16-8(6)5-7/h2-5,10,12H,1H3,(H,13,14). The molecule has 0 saturated carbocycles. The van der Waals surface area contributed by atoms with Crippen molar-refractivity contribution < 1.29 is 19.7 Å². The molecular formula is C11H10O4S. The SMILES string of the molecule is COc1ccc2cc(C(O)C(=O)O)sc2c1. The van der Waals surface area contributed by atoms with Gasteiger partial charge in [-0.25, -0.2) is 4.79 Å². The van der Waals surface area contributed by atoms with Gasteiger partial charge in [0, 0.05) is 9.58 Å². The number of carbonyl (C=O) groups is 1. The zero-order valence-electron chi connectivity index (χ0n) is 8.51. The lowest BCUT2D eigenvalue weighted by atomic mass is 10.2. The third-order valence-corrected chi connectivity index (χ3v) is 3.40. The number of carboxylic acid groups (broad SMARTS) is 1. The number of aliphatic carboxylic acids is 1. The zero-order chi connectivity index (χ0) is 11.7. The number of aliphatic hydroxyl groups is 1. The molecule has 1 aromatic carbocycles. The van der Waals surface area contributed by atoms with E-state index >= 15 is 0 Å². The molecule has 0 fully saturated rings. The summed E-state index contributed by atoms with van der Waals surface area (Å²) in [6.45, 7) is 0. The molecule has 1 atom stereocenters. The number of hydrogen-bond acceptors (Lipinski definition) is 4. The van der Waals surface area contributed by atoms with E-state index < -0.39 is 12.1 Å². The lowest BCUT2D eigenvalue weighted by Crippen LogP contribution is -2.08. The normalized spacial score (nSPS) is 12.6. The fourth-order valence-electron chi connectivity index (χ4n) is 1.42. The van der Waals surface area contributed by atoms with Crippen LogP contribution in [0.2, 0.25) is 0 Å². The number of rotatable bonds is 3. The van der Waals surface area contributed by atoms with Gasteiger partial charge in [-0.1, -0.05) is 0 Å². The molecule has 1 unspecified atom stereocenters. The Balaban J connectivity index is 2.47. The molecule has 0 amide bonds. The van der Waals surface area contributed by atoms with Crippen LogP contribution in [-0.2, 0) is 4.79 Å². The Morgan fingerprint density at radius 1 is 1.44 bits per heavy atom. The third kappa shape index (κ3) is 1.87. The van der Waals surface area contributed by atoms with Crippen LogP contribution in [-0.4, -0.2) is 23.3 Å². The Hall–Kier alpha value is -1.59. The second-order valence-corrected chi connectivity index (χ2v) is 4.41. The van der Waals surface area contributed by atoms with E-state index in [2.05, 4.69) is 0 Å². The fraction of sp³-hybridized carbons (Fsp3) is 0.182. The third-order valence-electron chi connectivity index (χ3n) is 2.25. The molecule has 1 heterocycles. The maximum atomic E-state index is 10.6. The van der Waals surface area contributed by atoms with Crippen LogP contribution in [0.1, 0.15) is 11.0 Å². The predicted octanol–water partition coefficient (Wildman–Crippen LogP) is 2.03. The molecule has 4 nitrogen and oxygen atoms in total. The van der Waals surface area contributed by atoms with Crippen molar-refractivity contribution in [2.75, 3.05) is 7.11 Å². The molecule has 0 radical (unpaired) electrons. The Morgan fingerprint density at radius 2 is 2.19 bits per heavy atom. The van der Waals surface area contributed by atoms with Crippen molar-refractivity contribution >= 4 is 27.4 Å². The highest BCUT2D eigenvalue weighted by atomic mass is 32.1. The predicted molar refractivity (Wildman–Crippen MR) is 61.0 cm³/mol. The van der Waals surface area contributed by atoms with Gasteiger partial charge in [-0.3, -0.25) is 0 Å². The number of aliphatic hydroxyl groups excluding tert-OH is 1. The highest BCUT2D eigenvalue weighted by molar-refractivity contribution is 7.19. The Labute approximate surface area is 95.7 Å². The summed E-state index contributed by atoms with van der Waals surface area (Å²) >= 11 is 1.25. The molecule has 5 heteroatoms. The average molecular weight is 238 g/mol. The highest BCUT2D eigenvalue weighted by Crippen LogP contribution is 2.32. The molecule has 2 N–H and O–H groups in total. The number of methoxy groups -OCH3 is 1. The molecule has 0 aliphatic carbocycles. The molecule has 0 bridgehead atoms. The quantitative estimate of drug-likeness (QED) is 0.858. The molecule has 0 saturated heterocycles. The lowest BCUT2D eigenvalue weighted by Gasteiger charge is -1.99. The Bertz CT molecular complexity index is 532. The molecular weight excluding hydrogens is 228 g/mol. The largest absolute Gasteiger partial charge is 0.497 e. The first-order valence-corrected chi connectivity index (χ1v) is 5.42. The van der Waals surface area contributed by atoms with E-state index in [1.807, 2.05) is 12.1 Å². The Morgan fingerprint density at radius 3 is 2.81 bits per heavy atom. The van der Waals surface area contributed by atoms with Crippen LogP contribution in [0.15, 0.2) is 24.3 Å². The molecule has 16 heavy (non-hydrogen) atoms. The van der Waals surface area contributed by atoms with Crippen molar-refractivity contribution in [3.8, 4) is 5.75 Å². The topological polar surface area (TPSA) is 66.8 Å². The monoisotopic (exact) mass is 238 g/mol. The van der Waals surface area contributed by atoms with E-state index in [9.17, 15) is 9.90 Å². The number of benzene rings is 1. The minimum atomic E-state index is -1.46. The molecule has 2 aromatic rings. The molecule has 0 aliphatic rings. The van der Waals surface area contributed by atoms with Crippen LogP contribution < -0.4 is 4.74 Å². The maximum absolute atomic E-state index is 10.6. The van der Waals surface area contributed by atoms with Crippen LogP contribution in [0.5, 0.6) is 5.75 Å². The van der Waals surface area contributed by atoms with Crippen LogP contribution in [0, 0.1) is 0 Å². The number of carboxylic acids is 1. The summed E-state index contributed by atoms with van der Waals surface area (Å²) in [6.07, 6.45) is -1.46. The second kappa shape index (κ2) is 4.11. The van der Waals surface area contributed by atoms with E-state index in [0.29, 0.717) is 10.6 Å². The summed E-state index contributed by atoms with van der Waals surface area (Å²) in [5, 5.41) is 19.0. The van der Waals surface area contributed by atoms with Crippen molar-refractivity contribution in [2.24, 2.45) is 0 Å². The van der Waals surface area contributed by atoms with E-state index in [-0.39, 0.29) is 0 Å². The summed E-state index contributed by atoms with van der Waals surface area (Å²) in [5.74, 6) is -0.524. The van der Waals surface area contributed by atoms with Gasteiger partial charge in [-0.15, -0.1) is 11.3 Å². The van der Waals surface area contributed by atoms with Gasteiger partial charge < -0.3 is 14.9 Å². The highest BCUT2D eigenvalue weighted by Gasteiger charge is 2.18. The lowest BCUT2D eigenvalue weighted by molar-refractivity contribution is -0.146. The minimum Gasteiger partial charge on any atom is -0.497 e. The first-order valence-electron chi connectivity index (χ1n) is 4.60. The van der Waals surface area contributed by atoms with Gasteiger partial charge in [-0.2, -0.15) is 0 Å². The van der Waals surface area contributed by atoms with Crippen molar-refractivity contribution in [3.63, 3.8) is 0 Å². The Kier molecular flexibility index (Phi) is 2.80. The van der Waals surface area contributed by atoms with E-state index in [4.69, 9.17) is 9.84 Å². The van der Waals surface area contributed by atoms with E-state index in [1.54, 1.807) is 19.2 Å². The number of thiophene rings is 1. The van der Waals surface area contributed by atoms with Crippen LogP contribution >= 0.6 is 11.3 Å². The molecule has 1 aromatic heterocycles. The number of hydrogen-bond donors (Lipinski definition) is 2. The zero-order valence-corrected chi connectivity index (χ0v) is 9.32. The van der Waals surface area contributed by atoms with Crippen molar-refractivity contribution in [1.82, 2.24) is 0 Å². The smallest absolute Gasteiger partial charge is 0.338 e. The van der Waals surface area contributed by atoms with Crippen molar-refractivity contribution in [3.05, 3.63) is 29.1 Å². The molecule has 2 rings (SSSR count). The first-order chi connectivity index (χ1) is 7.61. The van der Waals surface area contributed by atoms with Gasteiger partial charge in [0.15, 0.2) is 6.10 Å². The van der Waals surface area contributed by atoms with E-state index in [1.165, 1.54) is 11.3 Å². The van der Waals surface area contributed by atoms with Gasteiger partial charge in [0.1, 0.15) is 5.75 Å². The van der Waals surface area contributed by atoms with Crippen LogP contribution in [0.4, 0.5) is 0 Å². The van der Waals surface area contributed by atoms with Gasteiger partial charge in [0.2, 0.25) is 0 Å². The van der Waals surface area contributed by atoms with Gasteiger partial charge in [0.25, 0.3) is 0 Å². The molecule has 84 valence electrons. The number of ether oxygens (including phenoxy) is 1.